The van der Waals surface area contributed by atoms with Crippen LogP contribution in [0.3, 0.4) is 0 Å². The lowest BCUT2D eigenvalue weighted by Gasteiger charge is -2.07. The van der Waals surface area contributed by atoms with E-state index in [1.54, 1.807) is 31.6 Å². The van der Waals surface area contributed by atoms with Gasteiger partial charge in [0.05, 0.1) is 46.1 Å². The van der Waals surface area contributed by atoms with Crippen molar-refractivity contribution < 1.29 is 17.6 Å². The van der Waals surface area contributed by atoms with E-state index in [9.17, 15) is 17.6 Å². The van der Waals surface area contributed by atoms with Crippen molar-refractivity contribution in [3.8, 4) is 33.9 Å². The first-order valence-electron chi connectivity index (χ1n) is 13.2. The van der Waals surface area contributed by atoms with Gasteiger partial charge >= 0.3 is 0 Å². The predicted molar refractivity (Wildman–Crippen MR) is 160 cm³/mol. The zero-order chi connectivity index (χ0) is 29.4. The fraction of sp³-hybridized carbons (Fsp3) is 0.167. The number of amides is 1. The van der Waals surface area contributed by atoms with E-state index in [0.717, 1.165) is 22.7 Å². The highest BCUT2D eigenvalue weighted by Gasteiger charge is 2.17. The zero-order valence-electron chi connectivity index (χ0n) is 22.8. The first-order valence-corrected chi connectivity index (χ1v) is 15.3. The summed E-state index contributed by atoms with van der Waals surface area (Å²) in [5.41, 5.74) is 6.48. The van der Waals surface area contributed by atoms with Crippen LogP contribution in [0.1, 0.15) is 18.9 Å². The molecule has 2 aromatic carbocycles. The van der Waals surface area contributed by atoms with Crippen molar-refractivity contribution in [2.24, 2.45) is 0 Å². The summed E-state index contributed by atoms with van der Waals surface area (Å²) in [5.74, 6) is -0.114. The van der Waals surface area contributed by atoms with E-state index in [4.69, 9.17) is 4.98 Å². The maximum Gasteiger partial charge on any atom is 0.224 e. The molecule has 0 saturated carbocycles. The molecule has 4 heterocycles. The van der Waals surface area contributed by atoms with Crippen molar-refractivity contribution in [3.05, 3.63) is 78.5 Å². The monoisotopic (exact) mass is 583 g/mol. The number of halogens is 1. The molecule has 0 unspecified atom stereocenters. The number of para-hydroxylation sites is 1. The van der Waals surface area contributed by atoms with Crippen LogP contribution in [-0.4, -0.2) is 56.5 Å². The number of benzene rings is 2. The van der Waals surface area contributed by atoms with E-state index in [-0.39, 0.29) is 18.1 Å². The molecule has 0 aliphatic rings. The normalized spacial score (nSPS) is 11.8. The van der Waals surface area contributed by atoms with Crippen LogP contribution in [0.25, 0.3) is 55.8 Å². The average molecular weight is 584 g/mol. The topological polar surface area (TPSA) is 146 Å². The van der Waals surface area contributed by atoms with Gasteiger partial charge in [-0.2, -0.15) is 5.10 Å². The first-order chi connectivity index (χ1) is 20.2. The highest BCUT2D eigenvalue weighted by molar-refractivity contribution is 7.90. The van der Waals surface area contributed by atoms with Gasteiger partial charge in [0.15, 0.2) is 5.82 Å². The second-order valence-electron chi connectivity index (χ2n) is 10.1. The number of carbonyl (C=O) groups is 1. The lowest BCUT2D eigenvalue weighted by molar-refractivity contribution is -0.115. The highest BCUT2D eigenvalue weighted by atomic mass is 32.2. The number of anilines is 1. The minimum absolute atomic E-state index is 0.0660. The fourth-order valence-electron chi connectivity index (χ4n) is 4.78. The molecule has 4 aromatic heterocycles. The molecule has 0 radical (unpaired) electrons. The molecule has 0 bridgehead atoms. The molecule has 0 aliphatic heterocycles. The third-order valence-electron chi connectivity index (χ3n) is 6.85. The van der Waals surface area contributed by atoms with Gasteiger partial charge in [-0.05, 0) is 47.9 Å². The number of fused-ring (bicyclic) bond motifs is 2. The average Bonchev–Trinajstić information content (AvgIpc) is 3.59. The Bertz CT molecular complexity index is 2090. The third kappa shape index (κ3) is 5.61. The van der Waals surface area contributed by atoms with Gasteiger partial charge in [0.25, 0.3) is 0 Å². The Morgan fingerprint density at radius 3 is 2.69 bits per heavy atom. The van der Waals surface area contributed by atoms with E-state index in [1.165, 1.54) is 12.1 Å². The lowest BCUT2D eigenvalue weighted by Crippen LogP contribution is -2.09. The number of hydrogen-bond donors (Lipinski definition) is 3. The Kier molecular flexibility index (Phi) is 6.99. The van der Waals surface area contributed by atoms with E-state index in [0.29, 0.717) is 57.0 Å². The molecular formula is C30H26FN7O3S. The summed E-state index contributed by atoms with van der Waals surface area (Å²) >= 11 is 0. The van der Waals surface area contributed by atoms with E-state index in [2.05, 4.69) is 30.5 Å². The van der Waals surface area contributed by atoms with Crippen LogP contribution in [0.2, 0.25) is 0 Å². The molecule has 0 fully saturated rings. The molecule has 12 heteroatoms. The molecule has 6 aromatic rings. The van der Waals surface area contributed by atoms with Crippen molar-refractivity contribution in [1.82, 2.24) is 30.1 Å². The molecule has 0 saturated heterocycles. The number of sulfone groups is 1. The number of pyridine rings is 2. The summed E-state index contributed by atoms with van der Waals surface area (Å²) in [5, 5.41) is 11.1. The molecule has 10 nitrogen and oxygen atoms in total. The number of carbonyl (C=O) groups excluding carboxylic acids is 1. The third-order valence-corrected chi connectivity index (χ3v) is 7.80. The van der Waals surface area contributed by atoms with Crippen molar-refractivity contribution in [2.75, 3.05) is 17.3 Å². The Hall–Kier alpha value is -4.97. The number of rotatable bonds is 8. The van der Waals surface area contributed by atoms with Crippen LogP contribution in [-0.2, 0) is 21.1 Å². The molecule has 6 rings (SSSR count). The minimum Gasteiger partial charge on any atom is -0.337 e. The Morgan fingerprint density at radius 1 is 1.02 bits per heavy atom. The molecule has 0 aliphatic carbocycles. The number of hydrogen-bond acceptors (Lipinski definition) is 7. The van der Waals surface area contributed by atoms with Crippen LogP contribution < -0.4 is 5.32 Å². The number of imidazole rings is 1. The van der Waals surface area contributed by atoms with Gasteiger partial charge in [-0.1, -0.05) is 25.1 Å². The Balaban J connectivity index is 1.39. The lowest BCUT2D eigenvalue weighted by atomic mass is 10.0. The molecule has 42 heavy (non-hydrogen) atoms. The predicted octanol–water partition coefficient (Wildman–Crippen LogP) is 5.30. The van der Waals surface area contributed by atoms with Gasteiger partial charge in [0.1, 0.15) is 21.3 Å². The first kappa shape index (κ1) is 27.2. The Labute approximate surface area is 240 Å². The highest BCUT2D eigenvalue weighted by Crippen LogP contribution is 2.33. The van der Waals surface area contributed by atoms with Crippen LogP contribution in [0.15, 0.2) is 67.1 Å². The number of nitrogens with zero attached hydrogens (tertiary/aromatic N) is 4. The molecule has 0 atom stereocenters. The van der Waals surface area contributed by atoms with E-state index >= 15 is 0 Å². The molecule has 212 valence electrons. The van der Waals surface area contributed by atoms with Crippen LogP contribution in [0, 0.1) is 5.82 Å². The second-order valence-corrected chi connectivity index (χ2v) is 12.3. The van der Waals surface area contributed by atoms with Crippen molar-refractivity contribution >= 4 is 43.4 Å². The van der Waals surface area contributed by atoms with E-state index in [1.807, 2.05) is 30.3 Å². The number of H-pyrrole nitrogens is 2. The summed E-state index contributed by atoms with van der Waals surface area (Å²) in [7, 11) is -3.19. The number of aromatic amines is 2. The quantitative estimate of drug-likeness (QED) is 0.220. The number of aryl methyl sites for hydroxylation is 1. The minimum atomic E-state index is -3.19. The molecule has 0 spiro atoms. The van der Waals surface area contributed by atoms with Gasteiger partial charge < -0.3 is 10.3 Å². The molecule has 1 amide bonds. The number of nitrogens with one attached hydrogen (secondary N) is 3. The van der Waals surface area contributed by atoms with Gasteiger partial charge in [-0.3, -0.25) is 19.9 Å². The molecule has 3 N–H and O–H groups in total. The maximum absolute atomic E-state index is 14.6. The summed E-state index contributed by atoms with van der Waals surface area (Å²) in [6.07, 6.45) is 6.67. The SMILES string of the molecule is CCC(=O)Nc1cncc(-c2cc3c(-c4nc5c(-c6cc(F)cc(CCS(C)(=O)=O)c6)cccc5[nH]4)n[nH]c3cn2)c1. The van der Waals surface area contributed by atoms with Gasteiger partial charge in [0, 0.05) is 35.4 Å². The Morgan fingerprint density at radius 2 is 1.88 bits per heavy atom. The van der Waals surface area contributed by atoms with Crippen molar-refractivity contribution in [2.45, 2.75) is 19.8 Å². The van der Waals surface area contributed by atoms with E-state index < -0.39 is 15.7 Å². The summed E-state index contributed by atoms with van der Waals surface area (Å²) in [4.78, 5) is 28.8. The van der Waals surface area contributed by atoms with Gasteiger partial charge in [-0.25, -0.2) is 17.8 Å². The zero-order valence-corrected chi connectivity index (χ0v) is 23.6. The maximum atomic E-state index is 14.6. The largest absolute Gasteiger partial charge is 0.337 e. The second kappa shape index (κ2) is 10.8. The summed E-state index contributed by atoms with van der Waals surface area (Å²) < 4.78 is 37.9. The summed E-state index contributed by atoms with van der Waals surface area (Å²) in [6.45, 7) is 1.78. The van der Waals surface area contributed by atoms with Gasteiger partial charge in [0.2, 0.25) is 5.91 Å². The smallest absolute Gasteiger partial charge is 0.224 e. The van der Waals surface area contributed by atoms with Crippen LogP contribution in [0.4, 0.5) is 10.1 Å². The van der Waals surface area contributed by atoms with Crippen molar-refractivity contribution in [3.63, 3.8) is 0 Å². The molecular weight excluding hydrogens is 557 g/mol. The number of aromatic nitrogens is 6. The standard InChI is InChI=1S/C30H26FN7O3S/c1-3-27(39)34-21-12-19(14-32-15-21)25-13-23-26(16-33-25)37-38-29(23)30-35-24-6-4-5-22(28(24)36-30)18-9-17(10-20(31)11-18)7-8-42(2,40)41/h4-6,9-16H,3,7-8H2,1-2H3,(H,34,39)(H,35,36)(H,37,38). The van der Waals surface area contributed by atoms with Crippen molar-refractivity contribution in [1.29, 1.82) is 0 Å². The van der Waals surface area contributed by atoms with Crippen LogP contribution >= 0.6 is 0 Å². The fourth-order valence-corrected chi connectivity index (χ4v) is 5.39. The van der Waals surface area contributed by atoms with Crippen LogP contribution in [0.5, 0.6) is 0 Å². The summed E-state index contributed by atoms with van der Waals surface area (Å²) in [6, 6.07) is 13.8. The van der Waals surface area contributed by atoms with Gasteiger partial charge in [-0.15, -0.1) is 0 Å².